The lowest BCUT2D eigenvalue weighted by atomic mass is 9.60. The summed E-state index contributed by atoms with van der Waals surface area (Å²) in [6.07, 6.45) is 6.73. The summed E-state index contributed by atoms with van der Waals surface area (Å²) in [5.74, 6) is 3.17. The number of nitrogens with one attached hydrogen (secondary N) is 1. The SMILES string of the molecule is C=CCN[C@H]1C2Cc3ccc(OC)c4c3C3(C2)[C@H](O4)C(=C)CC[C@H]13. The van der Waals surface area contributed by atoms with Crippen molar-refractivity contribution in [1.29, 1.82) is 0 Å². The van der Waals surface area contributed by atoms with Crippen LogP contribution in [0, 0.1) is 11.8 Å². The van der Waals surface area contributed by atoms with Gasteiger partial charge in [0, 0.05) is 23.6 Å². The van der Waals surface area contributed by atoms with E-state index in [9.17, 15) is 0 Å². The molecule has 0 aromatic heterocycles. The molecule has 0 saturated heterocycles. The van der Waals surface area contributed by atoms with Crippen LogP contribution in [-0.2, 0) is 11.8 Å². The van der Waals surface area contributed by atoms with Gasteiger partial charge in [0.2, 0.25) is 0 Å². The largest absolute Gasteiger partial charge is 0.493 e. The van der Waals surface area contributed by atoms with Gasteiger partial charge in [0.1, 0.15) is 6.10 Å². The zero-order valence-corrected chi connectivity index (χ0v) is 14.3. The Morgan fingerprint density at radius 3 is 3.12 bits per heavy atom. The van der Waals surface area contributed by atoms with E-state index in [1.165, 1.54) is 29.5 Å². The molecule has 1 aromatic carbocycles. The number of rotatable bonds is 4. The molecule has 4 aliphatic rings. The van der Waals surface area contributed by atoms with E-state index in [4.69, 9.17) is 9.47 Å². The third-order valence-electron chi connectivity index (χ3n) is 6.93. The van der Waals surface area contributed by atoms with Crippen molar-refractivity contribution in [2.75, 3.05) is 13.7 Å². The summed E-state index contributed by atoms with van der Waals surface area (Å²) in [6.45, 7) is 9.15. The number of fused-ring (bicyclic) bond motifs is 1. The second kappa shape index (κ2) is 4.89. The maximum absolute atomic E-state index is 6.54. The number of ether oxygens (including phenoxy) is 2. The molecule has 3 nitrogen and oxygen atoms in total. The van der Waals surface area contributed by atoms with Crippen molar-refractivity contribution in [3.8, 4) is 11.5 Å². The first-order valence-corrected chi connectivity index (χ1v) is 9.09. The minimum Gasteiger partial charge on any atom is -0.493 e. The topological polar surface area (TPSA) is 30.5 Å². The lowest BCUT2D eigenvalue weighted by Gasteiger charge is -2.43. The molecule has 1 spiro atoms. The van der Waals surface area contributed by atoms with Gasteiger partial charge in [-0.15, -0.1) is 6.58 Å². The Bertz CT molecular complexity index is 740. The molecule has 1 heterocycles. The van der Waals surface area contributed by atoms with E-state index < -0.39 is 0 Å². The van der Waals surface area contributed by atoms with Crippen LogP contribution in [0.2, 0.25) is 0 Å². The van der Waals surface area contributed by atoms with Crippen molar-refractivity contribution < 1.29 is 9.47 Å². The van der Waals surface area contributed by atoms with Gasteiger partial charge in [0.15, 0.2) is 11.5 Å². The summed E-state index contributed by atoms with van der Waals surface area (Å²) in [6, 6.07) is 4.89. The molecule has 0 radical (unpaired) electrons. The lowest BCUT2D eigenvalue weighted by molar-refractivity contribution is 0.105. The highest BCUT2D eigenvalue weighted by atomic mass is 16.5. The highest BCUT2D eigenvalue weighted by Crippen LogP contribution is 2.67. The maximum atomic E-state index is 6.54. The van der Waals surface area contributed by atoms with Crippen LogP contribution in [0.25, 0.3) is 0 Å². The Morgan fingerprint density at radius 2 is 2.33 bits per heavy atom. The van der Waals surface area contributed by atoms with E-state index in [0.29, 0.717) is 17.9 Å². The predicted octanol–water partition coefficient (Wildman–Crippen LogP) is 3.38. The molecule has 24 heavy (non-hydrogen) atoms. The summed E-state index contributed by atoms with van der Waals surface area (Å²) >= 11 is 0. The Labute approximate surface area is 143 Å². The molecule has 2 bridgehead atoms. The Hall–Kier alpha value is -1.74. The van der Waals surface area contributed by atoms with Crippen molar-refractivity contribution in [3.05, 3.63) is 48.1 Å². The molecule has 0 amide bonds. The van der Waals surface area contributed by atoms with Gasteiger partial charge in [0.05, 0.1) is 7.11 Å². The van der Waals surface area contributed by atoms with E-state index in [-0.39, 0.29) is 11.5 Å². The smallest absolute Gasteiger partial charge is 0.166 e. The first-order valence-electron chi connectivity index (χ1n) is 9.09. The molecule has 5 rings (SSSR count). The highest BCUT2D eigenvalue weighted by molar-refractivity contribution is 5.62. The molecule has 3 heteroatoms. The summed E-state index contributed by atoms with van der Waals surface area (Å²) in [5, 5.41) is 3.78. The van der Waals surface area contributed by atoms with Gasteiger partial charge in [-0.3, -0.25) is 0 Å². The number of hydrogen-bond donors (Lipinski definition) is 1. The highest BCUT2D eigenvalue weighted by Gasteiger charge is 2.67. The molecule has 1 N–H and O–H groups in total. The van der Waals surface area contributed by atoms with Gasteiger partial charge in [-0.25, -0.2) is 0 Å². The molecule has 2 saturated carbocycles. The average molecular weight is 323 g/mol. The van der Waals surface area contributed by atoms with Crippen LogP contribution in [0.4, 0.5) is 0 Å². The van der Waals surface area contributed by atoms with Gasteiger partial charge in [-0.2, -0.15) is 0 Å². The molecule has 1 aliphatic heterocycles. The Balaban J connectivity index is 1.71. The maximum Gasteiger partial charge on any atom is 0.166 e. The fourth-order valence-corrected chi connectivity index (χ4v) is 6.23. The number of benzene rings is 1. The number of hydrogen-bond acceptors (Lipinski definition) is 3. The summed E-state index contributed by atoms with van der Waals surface area (Å²) in [4.78, 5) is 0. The summed E-state index contributed by atoms with van der Waals surface area (Å²) in [7, 11) is 1.74. The Morgan fingerprint density at radius 1 is 1.46 bits per heavy atom. The second-order valence-corrected chi connectivity index (χ2v) is 7.86. The van der Waals surface area contributed by atoms with E-state index in [1.807, 2.05) is 6.08 Å². The van der Waals surface area contributed by atoms with Crippen molar-refractivity contribution in [2.24, 2.45) is 11.8 Å². The van der Waals surface area contributed by atoms with Crippen molar-refractivity contribution in [1.82, 2.24) is 5.32 Å². The first kappa shape index (κ1) is 14.6. The second-order valence-electron chi connectivity index (χ2n) is 7.86. The monoisotopic (exact) mass is 323 g/mol. The third-order valence-corrected chi connectivity index (χ3v) is 6.93. The number of methoxy groups -OCH3 is 1. The van der Waals surface area contributed by atoms with Crippen LogP contribution in [0.5, 0.6) is 11.5 Å². The third kappa shape index (κ3) is 1.57. The molecule has 2 fully saturated rings. The molecule has 2 unspecified atom stereocenters. The van der Waals surface area contributed by atoms with Crippen LogP contribution < -0.4 is 14.8 Å². The molecule has 5 atom stereocenters. The normalized spacial score (nSPS) is 37.8. The Kier molecular flexibility index (Phi) is 2.97. The lowest BCUT2D eigenvalue weighted by Crippen LogP contribution is -2.50. The zero-order chi connectivity index (χ0) is 16.5. The van der Waals surface area contributed by atoms with Crippen molar-refractivity contribution in [2.45, 2.75) is 43.2 Å². The summed E-state index contributed by atoms with van der Waals surface area (Å²) in [5.41, 5.74) is 4.28. The summed E-state index contributed by atoms with van der Waals surface area (Å²) < 4.78 is 12.2. The van der Waals surface area contributed by atoms with Gasteiger partial charge in [-0.1, -0.05) is 18.7 Å². The minimum atomic E-state index is 0.107. The van der Waals surface area contributed by atoms with Gasteiger partial charge >= 0.3 is 0 Å². The van der Waals surface area contributed by atoms with Gasteiger partial charge in [0.25, 0.3) is 0 Å². The molecular weight excluding hydrogens is 298 g/mol. The molecule has 3 aliphatic carbocycles. The zero-order valence-electron chi connectivity index (χ0n) is 14.3. The quantitative estimate of drug-likeness (QED) is 0.862. The first-order chi connectivity index (χ1) is 11.7. The van der Waals surface area contributed by atoms with Crippen molar-refractivity contribution >= 4 is 0 Å². The van der Waals surface area contributed by atoms with E-state index in [0.717, 1.165) is 30.9 Å². The minimum absolute atomic E-state index is 0.107. The van der Waals surface area contributed by atoms with E-state index in [2.05, 4.69) is 30.6 Å². The fraction of sp³-hybridized carbons (Fsp3) is 0.524. The molecular formula is C21H25NO2. The van der Waals surface area contributed by atoms with E-state index in [1.54, 1.807) is 7.11 Å². The van der Waals surface area contributed by atoms with Gasteiger partial charge in [-0.05, 0) is 54.7 Å². The van der Waals surface area contributed by atoms with E-state index >= 15 is 0 Å². The van der Waals surface area contributed by atoms with Crippen LogP contribution in [-0.4, -0.2) is 25.8 Å². The predicted molar refractivity (Wildman–Crippen MR) is 94.8 cm³/mol. The van der Waals surface area contributed by atoms with Crippen LogP contribution >= 0.6 is 0 Å². The van der Waals surface area contributed by atoms with Crippen LogP contribution in [0.15, 0.2) is 36.9 Å². The fourth-order valence-electron chi connectivity index (χ4n) is 6.23. The molecule has 1 aromatic rings. The van der Waals surface area contributed by atoms with Crippen LogP contribution in [0.1, 0.15) is 30.4 Å². The van der Waals surface area contributed by atoms with Gasteiger partial charge < -0.3 is 14.8 Å². The van der Waals surface area contributed by atoms with Crippen LogP contribution in [0.3, 0.4) is 0 Å². The molecule has 126 valence electrons. The van der Waals surface area contributed by atoms with Crippen molar-refractivity contribution in [3.63, 3.8) is 0 Å². The average Bonchev–Trinajstić information content (AvgIpc) is 3.07. The standard InChI is InChI=1S/C21H25NO2/c1-4-9-22-18-14-10-13-6-8-16(23-3)19-17(13)21(11-14)15(18)7-5-12(2)20(21)24-19/h4,6,8,14-15,18,20,22H,1-2,5,7,9-11H2,3H3/t14?,15-,18+,20-,21?/m1/s1.